The van der Waals surface area contributed by atoms with Crippen LogP contribution in [-0.2, 0) is 0 Å². The molecule has 0 radical (unpaired) electrons. The summed E-state index contributed by atoms with van der Waals surface area (Å²) in [6.45, 7) is 3.14. The Morgan fingerprint density at radius 2 is 1.92 bits per heavy atom. The van der Waals surface area contributed by atoms with E-state index in [4.69, 9.17) is 5.73 Å². The minimum atomic E-state index is 0.513. The molecular formula is C10H21NS. The highest BCUT2D eigenvalue weighted by Crippen LogP contribution is 2.37. The van der Waals surface area contributed by atoms with Crippen LogP contribution in [0.15, 0.2) is 0 Å². The van der Waals surface area contributed by atoms with Crippen LogP contribution in [0.4, 0.5) is 0 Å². The number of rotatable bonds is 4. The van der Waals surface area contributed by atoms with Gasteiger partial charge in [-0.1, -0.05) is 26.2 Å². The Morgan fingerprint density at radius 1 is 1.25 bits per heavy atom. The lowest BCUT2D eigenvalue weighted by Crippen LogP contribution is -2.35. The first kappa shape index (κ1) is 10.4. The fraction of sp³-hybridized carbons (Fsp3) is 1.00. The van der Waals surface area contributed by atoms with Crippen molar-refractivity contribution in [1.82, 2.24) is 0 Å². The maximum Gasteiger partial charge on any atom is 0.000117 e. The second-order valence-electron chi connectivity index (χ2n) is 3.90. The molecule has 0 aliphatic heterocycles. The van der Waals surface area contributed by atoms with Gasteiger partial charge in [0, 0.05) is 5.75 Å². The van der Waals surface area contributed by atoms with Gasteiger partial charge in [0.05, 0.1) is 0 Å². The van der Waals surface area contributed by atoms with Gasteiger partial charge in [0.2, 0.25) is 0 Å². The van der Waals surface area contributed by atoms with Gasteiger partial charge in [-0.25, -0.2) is 0 Å². The summed E-state index contributed by atoms with van der Waals surface area (Å²) in [7, 11) is 0. The van der Waals surface area contributed by atoms with Crippen LogP contribution in [0.5, 0.6) is 0 Å². The lowest BCUT2D eigenvalue weighted by atomic mass is 9.76. The fourth-order valence-corrected chi connectivity index (χ4v) is 3.07. The second kappa shape index (κ2) is 5.13. The summed E-state index contributed by atoms with van der Waals surface area (Å²) in [5, 5.41) is 0. The van der Waals surface area contributed by atoms with Gasteiger partial charge in [-0.2, -0.15) is 11.8 Å². The van der Waals surface area contributed by atoms with E-state index in [1.165, 1.54) is 43.6 Å². The monoisotopic (exact) mass is 187 g/mol. The van der Waals surface area contributed by atoms with Crippen molar-refractivity contribution in [2.75, 3.05) is 18.1 Å². The molecule has 0 saturated heterocycles. The molecule has 1 fully saturated rings. The smallest absolute Gasteiger partial charge is 0.000117 e. The van der Waals surface area contributed by atoms with Crippen LogP contribution in [0.2, 0.25) is 0 Å². The van der Waals surface area contributed by atoms with E-state index in [1.54, 1.807) is 0 Å². The van der Waals surface area contributed by atoms with Crippen molar-refractivity contribution in [3.63, 3.8) is 0 Å². The molecule has 2 heteroatoms. The Hall–Kier alpha value is 0.310. The van der Waals surface area contributed by atoms with Crippen LogP contribution in [0.3, 0.4) is 0 Å². The van der Waals surface area contributed by atoms with Crippen LogP contribution in [0.25, 0.3) is 0 Å². The summed E-state index contributed by atoms with van der Waals surface area (Å²) in [6, 6.07) is 0. The Bertz CT molecular complexity index is 119. The Morgan fingerprint density at radius 3 is 2.42 bits per heavy atom. The highest BCUT2D eigenvalue weighted by molar-refractivity contribution is 7.99. The summed E-state index contributed by atoms with van der Waals surface area (Å²) < 4.78 is 0. The molecule has 0 spiro atoms. The molecule has 0 aromatic rings. The average molecular weight is 187 g/mol. The largest absolute Gasteiger partial charge is 0.330 e. The van der Waals surface area contributed by atoms with Crippen molar-refractivity contribution < 1.29 is 0 Å². The van der Waals surface area contributed by atoms with Crippen LogP contribution < -0.4 is 5.73 Å². The predicted molar refractivity (Wildman–Crippen MR) is 57.6 cm³/mol. The van der Waals surface area contributed by atoms with E-state index in [1.807, 2.05) is 0 Å². The molecule has 1 rings (SSSR count). The number of thioether (sulfide) groups is 1. The molecule has 1 nitrogen and oxygen atoms in total. The lowest BCUT2D eigenvalue weighted by Gasteiger charge is -2.35. The molecule has 0 atom stereocenters. The second-order valence-corrected chi connectivity index (χ2v) is 5.18. The van der Waals surface area contributed by atoms with E-state index in [0.29, 0.717) is 5.41 Å². The molecule has 2 N–H and O–H groups in total. The molecule has 0 unspecified atom stereocenters. The zero-order valence-electron chi connectivity index (χ0n) is 8.14. The Balaban J connectivity index is 2.37. The van der Waals surface area contributed by atoms with Crippen molar-refractivity contribution in [3.05, 3.63) is 0 Å². The van der Waals surface area contributed by atoms with Crippen LogP contribution in [-0.4, -0.2) is 18.1 Å². The molecule has 0 amide bonds. The number of hydrogen-bond donors (Lipinski definition) is 1. The maximum atomic E-state index is 5.87. The Kier molecular flexibility index (Phi) is 4.44. The van der Waals surface area contributed by atoms with E-state index >= 15 is 0 Å². The highest BCUT2D eigenvalue weighted by Gasteiger charge is 2.29. The fourth-order valence-electron chi connectivity index (χ4n) is 2.03. The quantitative estimate of drug-likeness (QED) is 0.732. The van der Waals surface area contributed by atoms with E-state index in [0.717, 1.165) is 6.54 Å². The normalized spacial score (nSPS) is 22.5. The topological polar surface area (TPSA) is 26.0 Å². The van der Waals surface area contributed by atoms with Crippen LogP contribution in [0, 0.1) is 5.41 Å². The molecule has 1 saturated carbocycles. The molecule has 0 aromatic heterocycles. The summed E-state index contributed by atoms with van der Waals surface area (Å²) in [6.07, 6.45) is 6.98. The van der Waals surface area contributed by atoms with Gasteiger partial charge in [-0.05, 0) is 30.6 Å². The summed E-state index contributed by atoms with van der Waals surface area (Å²) in [5.41, 5.74) is 6.38. The van der Waals surface area contributed by atoms with E-state index < -0.39 is 0 Å². The van der Waals surface area contributed by atoms with Gasteiger partial charge < -0.3 is 5.73 Å². The third kappa shape index (κ3) is 2.67. The first-order valence-corrected chi connectivity index (χ1v) is 6.26. The van der Waals surface area contributed by atoms with Crippen LogP contribution in [0.1, 0.15) is 39.0 Å². The number of hydrogen-bond acceptors (Lipinski definition) is 2. The van der Waals surface area contributed by atoms with Gasteiger partial charge in [-0.3, -0.25) is 0 Å². The Labute approximate surface area is 80.5 Å². The van der Waals surface area contributed by atoms with E-state index in [-0.39, 0.29) is 0 Å². The lowest BCUT2D eigenvalue weighted by molar-refractivity contribution is 0.233. The molecular weight excluding hydrogens is 166 g/mol. The third-order valence-corrected chi connectivity index (χ3v) is 4.18. The van der Waals surface area contributed by atoms with Gasteiger partial charge in [0.25, 0.3) is 0 Å². The highest BCUT2D eigenvalue weighted by atomic mass is 32.2. The van der Waals surface area contributed by atoms with Crippen molar-refractivity contribution in [2.24, 2.45) is 11.1 Å². The van der Waals surface area contributed by atoms with Crippen molar-refractivity contribution in [3.8, 4) is 0 Å². The SMILES string of the molecule is CCSCC1(CN)CCCCC1. The molecule has 0 bridgehead atoms. The summed E-state index contributed by atoms with van der Waals surface area (Å²) in [4.78, 5) is 0. The van der Waals surface area contributed by atoms with Crippen molar-refractivity contribution in [1.29, 1.82) is 0 Å². The van der Waals surface area contributed by atoms with E-state index in [2.05, 4.69) is 18.7 Å². The van der Waals surface area contributed by atoms with Gasteiger partial charge in [0.1, 0.15) is 0 Å². The summed E-state index contributed by atoms with van der Waals surface area (Å²) in [5.74, 6) is 2.53. The van der Waals surface area contributed by atoms with Crippen molar-refractivity contribution in [2.45, 2.75) is 39.0 Å². The maximum absolute atomic E-state index is 5.87. The minimum Gasteiger partial charge on any atom is -0.330 e. The predicted octanol–water partition coefficient (Wildman–Crippen LogP) is 2.65. The number of nitrogens with two attached hydrogens (primary N) is 1. The molecule has 1 aliphatic rings. The van der Waals surface area contributed by atoms with Crippen molar-refractivity contribution >= 4 is 11.8 Å². The average Bonchev–Trinajstić information content (AvgIpc) is 2.16. The molecule has 1 aliphatic carbocycles. The minimum absolute atomic E-state index is 0.513. The molecule has 72 valence electrons. The molecule has 0 heterocycles. The van der Waals surface area contributed by atoms with Gasteiger partial charge >= 0.3 is 0 Å². The zero-order chi connectivity index (χ0) is 8.86. The van der Waals surface area contributed by atoms with Crippen LogP contribution >= 0.6 is 11.8 Å². The van der Waals surface area contributed by atoms with Gasteiger partial charge in [0.15, 0.2) is 0 Å². The molecule has 12 heavy (non-hydrogen) atoms. The summed E-state index contributed by atoms with van der Waals surface area (Å²) >= 11 is 2.06. The standard InChI is InChI=1S/C10H21NS/c1-2-12-9-10(8-11)6-4-3-5-7-10/h2-9,11H2,1H3. The first-order valence-electron chi connectivity index (χ1n) is 5.11. The van der Waals surface area contributed by atoms with E-state index in [9.17, 15) is 0 Å². The van der Waals surface area contributed by atoms with Gasteiger partial charge in [-0.15, -0.1) is 0 Å². The first-order chi connectivity index (χ1) is 5.83. The molecule has 0 aromatic carbocycles. The zero-order valence-corrected chi connectivity index (χ0v) is 8.96. The third-order valence-electron chi connectivity index (χ3n) is 2.96.